The quantitative estimate of drug-likeness (QED) is 0.488. The van der Waals surface area contributed by atoms with E-state index in [1.54, 1.807) is 24.9 Å². The van der Waals surface area contributed by atoms with Gasteiger partial charge in [0.25, 0.3) is 0 Å². The summed E-state index contributed by atoms with van der Waals surface area (Å²) in [7, 11) is 1.77. The number of fused-ring (bicyclic) bond motifs is 1. The van der Waals surface area contributed by atoms with Crippen LogP contribution in [0, 0.1) is 17.2 Å². The van der Waals surface area contributed by atoms with Gasteiger partial charge >= 0.3 is 0 Å². The van der Waals surface area contributed by atoms with Gasteiger partial charge in [-0.1, -0.05) is 13.8 Å². The first-order chi connectivity index (χ1) is 12.0. The standard InChI is InChI=1S/C19H28FN3OS/c1-19(2)16(14-6-5-9-24-17(14)19)23-18(21-3)22-11-12-10-13(20)7-8-15(12)25-4/h7-8,10,14,16-17H,5-6,9,11H2,1-4H3,(H2,21,22,23). The van der Waals surface area contributed by atoms with Crippen molar-refractivity contribution in [1.29, 1.82) is 0 Å². The van der Waals surface area contributed by atoms with Crippen LogP contribution in [0.3, 0.4) is 0 Å². The zero-order valence-electron chi connectivity index (χ0n) is 15.4. The maximum Gasteiger partial charge on any atom is 0.191 e. The first kappa shape index (κ1) is 18.5. The van der Waals surface area contributed by atoms with Gasteiger partial charge in [-0.15, -0.1) is 11.8 Å². The van der Waals surface area contributed by atoms with Crippen LogP contribution >= 0.6 is 11.8 Å². The average molecular weight is 366 g/mol. The lowest BCUT2D eigenvalue weighted by Crippen LogP contribution is -2.71. The van der Waals surface area contributed by atoms with Gasteiger partial charge in [0.05, 0.1) is 6.10 Å². The second-order valence-corrected chi connectivity index (χ2v) is 8.27. The van der Waals surface area contributed by atoms with Gasteiger partial charge in [0.2, 0.25) is 0 Å². The highest BCUT2D eigenvalue weighted by Crippen LogP contribution is 2.51. The maximum atomic E-state index is 13.6. The van der Waals surface area contributed by atoms with Crippen molar-refractivity contribution in [2.24, 2.45) is 16.3 Å². The lowest BCUT2D eigenvalue weighted by molar-refractivity contribution is -0.188. The zero-order valence-corrected chi connectivity index (χ0v) is 16.3. The number of nitrogens with one attached hydrogen (secondary N) is 2. The highest BCUT2D eigenvalue weighted by molar-refractivity contribution is 7.98. The molecule has 4 nitrogen and oxygen atoms in total. The molecule has 1 aliphatic heterocycles. The minimum Gasteiger partial charge on any atom is -0.377 e. The zero-order chi connectivity index (χ0) is 18.0. The van der Waals surface area contributed by atoms with E-state index in [0.717, 1.165) is 29.4 Å². The molecule has 2 aliphatic rings. The Bertz CT molecular complexity index is 650. The van der Waals surface area contributed by atoms with Crippen molar-refractivity contribution >= 4 is 17.7 Å². The van der Waals surface area contributed by atoms with Crippen LogP contribution in [0.2, 0.25) is 0 Å². The van der Waals surface area contributed by atoms with Gasteiger partial charge in [0, 0.05) is 42.5 Å². The highest BCUT2D eigenvalue weighted by Gasteiger charge is 2.58. The molecule has 1 aromatic carbocycles. The van der Waals surface area contributed by atoms with E-state index < -0.39 is 0 Å². The Balaban J connectivity index is 1.63. The van der Waals surface area contributed by atoms with Gasteiger partial charge in [-0.3, -0.25) is 4.99 Å². The predicted molar refractivity (Wildman–Crippen MR) is 102 cm³/mol. The third-order valence-corrected chi connectivity index (χ3v) is 6.37. The van der Waals surface area contributed by atoms with Crippen molar-refractivity contribution in [3.8, 4) is 0 Å². The van der Waals surface area contributed by atoms with Crippen molar-refractivity contribution < 1.29 is 9.13 Å². The number of thioether (sulfide) groups is 1. The summed E-state index contributed by atoms with van der Waals surface area (Å²) >= 11 is 1.62. The summed E-state index contributed by atoms with van der Waals surface area (Å²) in [5.74, 6) is 1.09. The van der Waals surface area contributed by atoms with Gasteiger partial charge in [-0.25, -0.2) is 4.39 Å². The molecule has 0 bridgehead atoms. The van der Waals surface area contributed by atoms with Crippen LogP contribution in [0.1, 0.15) is 32.3 Å². The molecule has 1 aliphatic carbocycles. The lowest BCUT2D eigenvalue weighted by atomic mass is 9.55. The lowest BCUT2D eigenvalue weighted by Gasteiger charge is -2.60. The molecule has 25 heavy (non-hydrogen) atoms. The molecule has 3 atom stereocenters. The first-order valence-corrected chi connectivity index (χ1v) is 10.1. The van der Waals surface area contributed by atoms with E-state index in [-0.39, 0.29) is 11.2 Å². The van der Waals surface area contributed by atoms with Gasteiger partial charge < -0.3 is 15.4 Å². The topological polar surface area (TPSA) is 45.7 Å². The monoisotopic (exact) mass is 365 g/mol. The number of ether oxygens (including phenoxy) is 1. The molecule has 2 N–H and O–H groups in total. The fourth-order valence-corrected chi connectivity index (χ4v) is 4.82. The Labute approximate surface area is 154 Å². The SMILES string of the molecule is CN=C(NCc1cc(F)ccc1SC)NC1C2CCCOC2C1(C)C. The molecule has 3 unspecified atom stereocenters. The Hall–Kier alpha value is -1.27. The summed E-state index contributed by atoms with van der Waals surface area (Å²) in [4.78, 5) is 5.44. The summed E-state index contributed by atoms with van der Waals surface area (Å²) in [5, 5.41) is 6.91. The average Bonchev–Trinajstić information content (AvgIpc) is 2.62. The Kier molecular flexibility index (Phi) is 5.58. The smallest absolute Gasteiger partial charge is 0.191 e. The number of aliphatic imine (C=N–C) groups is 1. The number of nitrogens with zero attached hydrogens (tertiary/aromatic N) is 1. The summed E-state index contributed by atoms with van der Waals surface area (Å²) in [6.45, 7) is 5.93. The van der Waals surface area contributed by atoms with Crippen LogP contribution in [-0.4, -0.2) is 38.0 Å². The minimum atomic E-state index is -0.208. The number of rotatable bonds is 4. The molecule has 138 valence electrons. The molecule has 0 spiro atoms. The predicted octanol–water partition coefficient (Wildman–Crippen LogP) is 3.42. The molecule has 1 saturated heterocycles. The number of hydrogen-bond donors (Lipinski definition) is 2. The Morgan fingerprint density at radius 1 is 1.44 bits per heavy atom. The highest BCUT2D eigenvalue weighted by atomic mass is 32.2. The molecule has 1 heterocycles. The Morgan fingerprint density at radius 3 is 2.96 bits per heavy atom. The van der Waals surface area contributed by atoms with E-state index in [9.17, 15) is 4.39 Å². The number of benzene rings is 1. The summed E-state index contributed by atoms with van der Waals surface area (Å²) in [5.41, 5.74) is 1.04. The van der Waals surface area contributed by atoms with Crippen molar-refractivity contribution in [2.75, 3.05) is 19.9 Å². The van der Waals surface area contributed by atoms with Crippen LogP contribution in [-0.2, 0) is 11.3 Å². The normalized spacial score (nSPS) is 28.0. The van der Waals surface area contributed by atoms with E-state index in [4.69, 9.17) is 4.74 Å². The maximum absolute atomic E-state index is 13.6. The largest absolute Gasteiger partial charge is 0.377 e. The molecular formula is C19H28FN3OS. The van der Waals surface area contributed by atoms with Crippen LogP contribution < -0.4 is 10.6 Å². The molecule has 0 aromatic heterocycles. The van der Waals surface area contributed by atoms with Crippen molar-refractivity contribution in [1.82, 2.24) is 10.6 Å². The van der Waals surface area contributed by atoms with Crippen LogP contribution in [0.15, 0.2) is 28.1 Å². The van der Waals surface area contributed by atoms with Crippen molar-refractivity contribution in [3.05, 3.63) is 29.6 Å². The van der Waals surface area contributed by atoms with Crippen LogP contribution in [0.4, 0.5) is 4.39 Å². The molecule has 2 fully saturated rings. The Morgan fingerprint density at radius 2 is 2.24 bits per heavy atom. The fraction of sp³-hybridized carbons (Fsp3) is 0.632. The van der Waals surface area contributed by atoms with Crippen LogP contribution in [0.5, 0.6) is 0 Å². The molecule has 0 radical (unpaired) electrons. The van der Waals surface area contributed by atoms with Gasteiger partial charge in [-0.2, -0.15) is 0 Å². The third-order valence-electron chi connectivity index (χ3n) is 5.54. The van der Waals surface area contributed by atoms with Crippen molar-refractivity contribution in [3.63, 3.8) is 0 Å². The van der Waals surface area contributed by atoms with E-state index in [2.05, 4.69) is 29.5 Å². The number of guanidine groups is 1. The van der Waals surface area contributed by atoms with E-state index in [0.29, 0.717) is 24.6 Å². The fourth-order valence-electron chi connectivity index (χ4n) is 4.22. The molecular weight excluding hydrogens is 337 g/mol. The number of hydrogen-bond acceptors (Lipinski definition) is 3. The summed E-state index contributed by atoms with van der Waals surface area (Å²) in [6.07, 6.45) is 4.66. The van der Waals surface area contributed by atoms with E-state index >= 15 is 0 Å². The number of halogens is 1. The molecule has 0 amide bonds. The third kappa shape index (κ3) is 3.65. The van der Waals surface area contributed by atoms with Gasteiger partial charge in [-0.05, 0) is 42.9 Å². The van der Waals surface area contributed by atoms with Crippen LogP contribution in [0.25, 0.3) is 0 Å². The van der Waals surface area contributed by atoms with Gasteiger partial charge in [0.15, 0.2) is 5.96 Å². The van der Waals surface area contributed by atoms with Crippen molar-refractivity contribution in [2.45, 2.75) is 50.3 Å². The van der Waals surface area contributed by atoms with E-state index in [1.807, 2.05) is 12.3 Å². The second kappa shape index (κ2) is 7.54. The molecule has 1 saturated carbocycles. The molecule has 6 heteroatoms. The van der Waals surface area contributed by atoms with E-state index in [1.165, 1.54) is 12.5 Å². The summed E-state index contributed by atoms with van der Waals surface area (Å²) < 4.78 is 19.5. The van der Waals surface area contributed by atoms with Gasteiger partial charge in [0.1, 0.15) is 5.82 Å². The first-order valence-electron chi connectivity index (χ1n) is 8.88. The second-order valence-electron chi connectivity index (χ2n) is 7.42. The molecule has 1 aromatic rings. The molecule has 3 rings (SSSR count). The minimum absolute atomic E-state index is 0.0893. The summed E-state index contributed by atoms with van der Waals surface area (Å²) in [6, 6.07) is 5.26.